The van der Waals surface area contributed by atoms with Crippen LogP contribution in [0.1, 0.15) is 15.9 Å². The van der Waals surface area contributed by atoms with E-state index in [0.717, 1.165) is 5.56 Å². The largest absolute Gasteiger partial charge is 0.452 e. The molecule has 2 rings (SSSR count). The van der Waals surface area contributed by atoms with Crippen LogP contribution in [0.3, 0.4) is 0 Å². The van der Waals surface area contributed by atoms with Crippen LogP contribution < -0.4 is 5.32 Å². The zero-order valence-electron chi connectivity index (χ0n) is 13.4. The molecule has 0 aliphatic heterocycles. The molecular formula is C18H14F2N2O3S. The van der Waals surface area contributed by atoms with Crippen molar-refractivity contribution in [2.24, 2.45) is 0 Å². The molecule has 5 nitrogen and oxygen atoms in total. The van der Waals surface area contributed by atoms with Gasteiger partial charge in [-0.25, -0.2) is 4.79 Å². The Morgan fingerprint density at radius 1 is 1.12 bits per heavy atom. The highest BCUT2D eigenvalue weighted by Crippen LogP contribution is 2.25. The van der Waals surface area contributed by atoms with Crippen molar-refractivity contribution in [3.63, 3.8) is 0 Å². The molecule has 26 heavy (non-hydrogen) atoms. The quantitative estimate of drug-likeness (QED) is 0.586. The average molecular weight is 376 g/mol. The molecule has 0 atom stereocenters. The lowest BCUT2D eigenvalue weighted by atomic mass is 10.1. The number of ether oxygens (including phenoxy) is 1. The molecule has 0 fully saturated rings. The van der Waals surface area contributed by atoms with Crippen molar-refractivity contribution >= 4 is 29.3 Å². The van der Waals surface area contributed by atoms with Crippen molar-refractivity contribution in [1.82, 2.24) is 0 Å². The summed E-state index contributed by atoms with van der Waals surface area (Å²) in [6.45, 7) is -0.480. The molecule has 0 heterocycles. The van der Waals surface area contributed by atoms with E-state index >= 15 is 0 Å². The van der Waals surface area contributed by atoms with E-state index in [-0.39, 0.29) is 12.0 Å². The van der Waals surface area contributed by atoms with Gasteiger partial charge in [-0.2, -0.15) is 14.0 Å². The number of hydrogen-bond acceptors (Lipinski definition) is 5. The zero-order valence-corrected chi connectivity index (χ0v) is 14.3. The molecule has 1 amide bonds. The number of anilines is 1. The molecule has 2 aromatic rings. The van der Waals surface area contributed by atoms with Crippen LogP contribution in [0.4, 0.5) is 14.5 Å². The van der Waals surface area contributed by atoms with E-state index in [2.05, 4.69) is 5.32 Å². The number of alkyl halides is 2. The summed E-state index contributed by atoms with van der Waals surface area (Å²) < 4.78 is 29.4. The summed E-state index contributed by atoms with van der Waals surface area (Å²) >= 11 is 0.375. The van der Waals surface area contributed by atoms with Crippen LogP contribution in [-0.2, 0) is 16.0 Å². The maximum Gasteiger partial charge on any atom is 0.338 e. The smallest absolute Gasteiger partial charge is 0.338 e. The summed E-state index contributed by atoms with van der Waals surface area (Å²) in [4.78, 5) is 24.0. The number of esters is 1. The van der Waals surface area contributed by atoms with Gasteiger partial charge in [-0.1, -0.05) is 23.9 Å². The lowest BCUT2D eigenvalue weighted by Crippen LogP contribution is -2.20. The lowest BCUT2D eigenvalue weighted by molar-refractivity contribution is -0.119. The van der Waals surface area contributed by atoms with Gasteiger partial charge < -0.3 is 10.1 Å². The van der Waals surface area contributed by atoms with Crippen LogP contribution in [0.5, 0.6) is 0 Å². The summed E-state index contributed by atoms with van der Waals surface area (Å²) in [5, 5.41) is 11.2. The van der Waals surface area contributed by atoms with Crippen molar-refractivity contribution in [3.05, 3.63) is 59.7 Å². The third kappa shape index (κ3) is 6.18. The van der Waals surface area contributed by atoms with Crippen molar-refractivity contribution < 1.29 is 23.1 Å². The highest BCUT2D eigenvalue weighted by molar-refractivity contribution is 7.99. The summed E-state index contributed by atoms with van der Waals surface area (Å²) in [7, 11) is 0. The van der Waals surface area contributed by atoms with Gasteiger partial charge in [0.25, 0.3) is 11.7 Å². The second-order valence-electron chi connectivity index (χ2n) is 5.06. The van der Waals surface area contributed by atoms with Crippen molar-refractivity contribution in [2.75, 3.05) is 11.9 Å². The zero-order chi connectivity index (χ0) is 18.9. The molecule has 0 radical (unpaired) electrons. The Morgan fingerprint density at radius 3 is 2.35 bits per heavy atom. The minimum Gasteiger partial charge on any atom is -0.452 e. The van der Waals surface area contributed by atoms with E-state index in [4.69, 9.17) is 10.00 Å². The molecular weight excluding hydrogens is 362 g/mol. The van der Waals surface area contributed by atoms with Gasteiger partial charge in [-0.15, -0.1) is 0 Å². The van der Waals surface area contributed by atoms with Gasteiger partial charge in [0.2, 0.25) is 0 Å². The standard InChI is InChI=1S/C18H14F2N2O3S/c19-18(20)26-15-7-3-13(4-8-15)17(24)25-11-16(23)22-14-5-1-12(2-6-14)9-10-21/h1-8,18H,9,11H2,(H,22,23). The molecule has 2 aromatic carbocycles. The van der Waals surface area contributed by atoms with Crippen molar-refractivity contribution in [1.29, 1.82) is 5.26 Å². The fraction of sp³-hybridized carbons (Fsp3) is 0.167. The van der Waals surface area contributed by atoms with E-state index in [0.29, 0.717) is 22.3 Å². The summed E-state index contributed by atoms with van der Waals surface area (Å²) in [5.74, 6) is -3.78. The lowest BCUT2D eigenvalue weighted by Gasteiger charge is -2.07. The summed E-state index contributed by atoms with van der Waals surface area (Å²) in [5.41, 5.74) is 1.50. The van der Waals surface area contributed by atoms with Gasteiger partial charge in [0.1, 0.15) is 0 Å². The minimum atomic E-state index is -2.54. The Hall–Kier alpha value is -2.92. The Morgan fingerprint density at radius 2 is 1.77 bits per heavy atom. The fourth-order valence-corrected chi connectivity index (χ4v) is 2.48. The van der Waals surface area contributed by atoms with Crippen LogP contribution in [0.15, 0.2) is 53.4 Å². The highest BCUT2D eigenvalue weighted by atomic mass is 32.2. The Kier molecular flexibility index (Phi) is 7.12. The molecule has 8 heteroatoms. The third-order valence-corrected chi connectivity index (χ3v) is 3.89. The molecule has 0 aliphatic rings. The van der Waals surface area contributed by atoms with Crippen LogP contribution in [0.2, 0.25) is 0 Å². The first kappa shape index (κ1) is 19.4. The average Bonchev–Trinajstić information content (AvgIpc) is 2.62. The van der Waals surface area contributed by atoms with Gasteiger partial charge >= 0.3 is 5.97 Å². The predicted molar refractivity (Wildman–Crippen MR) is 93.0 cm³/mol. The topological polar surface area (TPSA) is 79.2 Å². The molecule has 0 aliphatic carbocycles. The van der Waals surface area contributed by atoms with Gasteiger partial charge in [-0.05, 0) is 42.0 Å². The van der Waals surface area contributed by atoms with E-state index in [1.165, 1.54) is 24.3 Å². The van der Waals surface area contributed by atoms with E-state index in [9.17, 15) is 18.4 Å². The number of nitrogens with zero attached hydrogens (tertiary/aromatic N) is 1. The summed E-state index contributed by atoms with van der Waals surface area (Å²) in [6, 6.07) is 14.2. The number of carbonyl (C=O) groups is 2. The number of halogens is 2. The van der Waals surface area contributed by atoms with Gasteiger partial charge in [0, 0.05) is 10.6 Å². The maximum atomic E-state index is 12.2. The number of amides is 1. The maximum absolute atomic E-state index is 12.2. The van der Waals surface area contributed by atoms with E-state index in [1.807, 2.05) is 6.07 Å². The van der Waals surface area contributed by atoms with E-state index in [1.54, 1.807) is 24.3 Å². The molecule has 0 spiro atoms. The SMILES string of the molecule is N#CCc1ccc(NC(=O)COC(=O)c2ccc(SC(F)F)cc2)cc1. The van der Waals surface area contributed by atoms with Crippen molar-refractivity contribution in [2.45, 2.75) is 17.1 Å². The number of carbonyl (C=O) groups excluding carboxylic acids is 2. The number of benzene rings is 2. The molecule has 1 N–H and O–H groups in total. The second-order valence-corrected chi connectivity index (χ2v) is 6.12. The van der Waals surface area contributed by atoms with Gasteiger partial charge in [0.15, 0.2) is 6.61 Å². The first-order chi connectivity index (χ1) is 12.5. The van der Waals surface area contributed by atoms with Crippen molar-refractivity contribution in [3.8, 4) is 6.07 Å². The molecule has 0 unspecified atom stereocenters. The first-order valence-electron chi connectivity index (χ1n) is 7.45. The number of nitrogens with one attached hydrogen (secondary N) is 1. The minimum absolute atomic E-state index is 0.164. The van der Waals surface area contributed by atoms with Gasteiger partial charge in [0.05, 0.1) is 18.1 Å². The van der Waals surface area contributed by atoms with Crippen LogP contribution in [-0.4, -0.2) is 24.2 Å². The van der Waals surface area contributed by atoms with Crippen LogP contribution in [0.25, 0.3) is 0 Å². The van der Waals surface area contributed by atoms with Gasteiger partial charge in [-0.3, -0.25) is 4.79 Å². The monoisotopic (exact) mass is 376 g/mol. The molecule has 134 valence electrons. The number of rotatable bonds is 7. The fourth-order valence-electron chi connectivity index (χ4n) is 1.98. The summed E-state index contributed by atoms with van der Waals surface area (Å²) in [6.07, 6.45) is 0.278. The number of hydrogen-bond donors (Lipinski definition) is 1. The molecule has 0 aromatic heterocycles. The predicted octanol–water partition coefficient (Wildman–Crippen LogP) is 3.86. The van der Waals surface area contributed by atoms with Crippen LogP contribution >= 0.6 is 11.8 Å². The Balaban J connectivity index is 1.82. The Labute approximate surface area is 153 Å². The Bertz CT molecular complexity index is 803. The first-order valence-corrected chi connectivity index (χ1v) is 8.33. The molecule has 0 saturated carbocycles. The number of thioether (sulfide) groups is 1. The third-order valence-electron chi connectivity index (χ3n) is 3.17. The molecule has 0 saturated heterocycles. The second kappa shape index (κ2) is 9.53. The van der Waals surface area contributed by atoms with Crippen LogP contribution in [0, 0.1) is 11.3 Å². The normalized spacial score (nSPS) is 10.2. The number of nitriles is 1. The van der Waals surface area contributed by atoms with E-state index < -0.39 is 24.2 Å². The highest BCUT2D eigenvalue weighted by Gasteiger charge is 2.12. The molecule has 0 bridgehead atoms.